The molecule has 154 valence electrons. The van der Waals surface area contributed by atoms with Crippen LogP contribution in [0.1, 0.15) is 25.3 Å². The van der Waals surface area contributed by atoms with E-state index in [0.717, 1.165) is 31.7 Å². The molecule has 1 atom stereocenters. The average molecular weight is 392 g/mol. The molecule has 2 rings (SSSR count). The molecule has 1 aliphatic carbocycles. The van der Waals surface area contributed by atoms with Crippen LogP contribution in [0.5, 0.6) is 5.75 Å². The summed E-state index contributed by atoms with van der Waals surface area (Å²) in [6.45, 7) is 8.10. The van der Waals surface area contributed by atoms with Crippen LogP contribution in [0.25, 0.3) is 0 Å². The second kappa shape index (κ2) is 13.5. The summed E-state index contributed by atoms with van der Waals surface area (Å²) in [5.74, 6) is 0.880. The molecule has 0 saturated carbocycles. The van der Waals surface area contributed by atoms with E-state index in [9.17, 15) is 0 Å². The summed E-state index contributed by atoms with van der Waals surface area (Å²) < 4.78 is 11.4. The van der Waals surface area contributed by atoms with Crippen LogP contribution < -0.4 is 10.1 Å². The van der Waals surface area contributed by atoms with E-state index in [0.29, 0.717) is 6.61 Å². The minimum Gasteiger partial charge on any atom is -0.497 e. The predicted molar refractivity (Wildman–Crippen MR) is 123 cm³/mol. The quantitative estimate of drug-likeness (QED) is 0.367. The maximum absolute atomic E-state index is 6.23. The molecule has 1 aromatic carbocycles. The molecule has 0 aliphatic heterocycles. The molecule has 1 N–H and O–H groups in total. The highest BCUT2D eigenvalue weighted by Crippen LogP contribution is 2.17. The van der Waals surface area contributed by atoms with Gasteiger partial charge in [-0.2, -0.15) is 0 Å². The zero-order valence-electron chi connectivity index (χ0n) is 17.6. The largest absolute Gasteiger partial charge is 0.497 e. The summed E-state index contributed by atoms with van der Waals surface area (Å²) in [7, 11) is 1.68. The molecule has 1 aliphatic rings. The van der Waals surface area contributed by atoms with Gasteiger partial charge in [0, 0.05) is 13.1 Å². The fourth-order valence-electron chi connectivity index (χ4n) is 3.00. The minimum absolute atomic E-state index is 0.0571. The molecule has 3 heteroatoms. The molecule has 0 saturated heterocycles. The van der Waals surface area contributed by atoms with Crippen molar-refractivity contribution in [2.75, 3.05) is 20.3 Å². The molecule has 0 aromatic heterocycles. The van der Waals surface area contributed by atoms with Gasteiger partial charge in [0.25, 0.3) is 0 Å². The van der Waals surface area contributed by atoms with Crippen molar-refractivity contribution in [2.45, 2.75) is 32.4 Å². The molecule has 0 bridgehead atoms. The number of rotatable bonds is 12. The van der Waals surface area contributed by atoms with Gasteiger partial charge in [0.05, 0.1) is 19.8 Å². The number of hydrogen-bond donors (Lipinski definition) is 1. The standard InChI is InChI=1S/C26H33NO2/c1-4-10-22(2)11-9-14-26(24-12-7-5-6-8-13-24)29-20-19-27-21-23-15-17-25(28-3)18-16-23/h4-7,9-13,15-18,26-27H,1,8,14,19-21H2,2-3H3/b11-9-,22-10-/t26-/m0/s1. The summed E-state index contributed by atoms with van der Waals surface area (Å²) >= 11 is 0. The van der Waals surface area contributed by atoms with E-state index in [1.165, 1.54) is 16.7 Å². The lowest BCUT2D eigenvalue weighted by Gasteiger charge is -2.18. The first-order valence-electron chi connectivity index (χ1n) is 10.2. The van der Waals surface area contributed by atoms with E-state index in [-0.39, 0.29) is 6.10 Å². The van der Waals surface area contributed by atoms with E-state index >= 15 is 0 Å². The van der Waals surface area contributed by atoms with Gasteiger partial charge in [-0.25, -0.2) is 0 Å². The maximum Gasteiger partial charge on any atom is 0.118 e. The molecule has 0 fully saturated rings. The molecule has 3 nitrogen and oxygen atoms in total. The normalized spacial score (nSPS) is 15.2. The third-order valence-electron chi connectivity index (χ3n) is 4.59. The van der Waals surface area contributed by atoms with E-state index < -0.39 is 0 Å². The smallest absolute Gasteiger partial charge is 0.118 e. The van der Waals surface area contributed by atoms with Gasteiger partial charge in [0.2, 0.25) is 0 Å². The fourth-order valence-corrected chi connectivity index (χ4v) is 3.00. The lowest BCUT2D eigenvalue weighted by atomic mass is 10.0. The maximum atomic E-state index is 6.23. The average Bonchev–Trinajstić information content (AvgIpc) is 3.02. The number of benzene rings is 1. The van der Waals surface area contributed by atoms with Crippen molar-refractivity contribution in [1.82, 2.24) is 5.32 Å². The number of ether oxygens (including phenoxy) is 2. The molecule has 0 heterocycles. The third kappa shape index (κ3) is 8.95. The highest BCUT2D eigenvalue weighted by molar-refractivity contribution is 5.31. The van der Waals surface area contributed by atoms with Gasteiger partial charge in [-0.15, -0.1) is 0 Å². The van der Waals surface area contributed by atoms with E-state index in [1.54, 1.807) is 7.11 Å². The van der Waals surface area contributed by atoms with Crippen molar-refractivity contribution in [3.8, 4) is 5.75 Å². The van der Waals surface area contributed by atoms with Gasteiger partial charge in [0.15, 0.2) is 0 Å². The lowest BCUT2D eigenvalue weighted by molar-refractivity contribution is 0.0833. The monoisotopic (exact) mass is 391 g/mol. The first kappa shape index (κ1) is 22.7. The predicted octanol–water partition coefficient (Wildman–Crippen LogP) is 5.69. The zero-order chi connectivity index (χ0) is 20.7. The van der Waals surface area contributed by atoms with Gasteiger partial charge >= 0.3 is 0 Å². The Kier molecular flexibility index (Phi) is 10.6. The highest BCUT2D eigenvalue weighted by atomic mass is 16.5. The van der Waals surface area contributed by atoms with Gasteiger partial charge < -0.3 is 14.8 Å². The first-order valence-corrected chi connectivity index (χ1v) is 10.2. The topological polar surface area (TPSA) is 30.5 Å². The fraction of sp³-hybridized carbons (Fsp3) is 0.308. The van der Waals surface area contributed by atoms with Crippen molar-refractivity contribution < 1.29 is 9.47 Å². The summed E-state index contributed by atoms with van der Waals surface area (Å²) in [6.07, 6.45) is 20.7. The summed E-state index contributed by atoms with van der Waals surface area (Å²) in [4.78, 5) is 0. The van der Waals surface area contributed by atoms with Crippen molar-refractivity contribution >= 4 is 0 Å². The van der Waals surface area contributed by atoms with Crippen LogP contribution in [0.3, 0.4) is 0 Å². The van der Waals surface area contributed by atoms with Gasteiger partial charge in [-0.3, -0.25) is 0 Å². The lowest BCUT2D eigenvalue weighted by Crippen LogP contribution is -2.23. The Morgan fingerprint density at radius 1 is 1.24 bits per heavy atom. The number of allylic oxidation sites excluding steroid dienone is 8. The number of hydrogen-bond acceptors (Lipinski definition) is 3. The molecule has 0 amide bonds. The number of methoxy groups -OCH3 is 1. The van der Waals surface area contributed by atoms with Crippen LogP contribution >= 0.6 is 0 Å². The Bertz CT molecular complexity index is 766. The molecular formula is C26H33NO2. The minimum atomic E-state index is 0.0571. The van der Waals surface area contributed by atoms with Gasteiger partial charge in [-0.1, -0.05) is 79.0 Å². The molecule has 0 spiro atoms. The molecule has 1 aromatic rings. The van der Waals surface area contributed by atoms with Crippen LogP contribution in [-0.4, -0.2) is 26.4 Å². The van der Waals surface area contributed by atoms with Crippen LogP contribution in [0, 0.1) is 0 Å². The SMILES string of the molecule is C=C/C=C(C)\C=C/C[C@H](OCCNCc1ccc(OC)cc1)C1=CCC=CC=C1. The number of nitrogens with one attached hydrogen (secondary N) is 1. The summed E-state index contributed by atoms with van der Waals surface area (Å²) in [5.41, 5.74) is 3.65. The van der Waals surface area contributed by atoms with E-state index in [1.807, 2.05) is 24.3 Å². The molecular weight excluding hydrogens is 358 g/mol. The molecule has 0 unspecified atom stereocenters. The van der Waals surface area contributed by atoms with Crippen LogP contribution in [0.2, 0.25) is 0 Å². The van der Waals surface area contributed by atoms with Gasteiger partial charge in [-0.05, 0) is 43.0 Å². The molecule has 29 heavy (non-hydrogen) atoms. The van der Waals surface area contributed by atoms with E-state index in [2.05, 4.69) is 73.5 Å². The second-order valence-electron chi connectivity index (χ2n) is 6.90. The van der Waals surface area contributed by atoms with Crippen LogP contribution in [0.4, 0.5) is 0 Å². The van der Waals surface area contributed by atoms with Crippen molar-refractivity contribution in [3.05, 3.63) is 102 Å². The summed E-state index contributed by atoms with van der Waals surface area (Å²) in [5, 5.41) is 3.45. The third-order valence-corrected chi connectivity index (χ3v) is 4.59. The Morgan fingerprint density at radius 3 is 2.83 bits per heavy atom. The van der Waals surface area contributed by atoms with Crippen molar-refractivity contribution in [3.63, 3.8) is 0 Å². The summed E-state index contributed by atoms with van der Waals surface area (Å²) in [6, 6.07) is 8.12. The Hall–Kier alpha value is -2.62. The van der Waals surface area contributed by atoms with Crippen LogP contribution in [0.15, 0.2) is 96.7 Å². The van der Waals surface area contributed by atoms with Gasteiger partial charge in [0.1, 0.15) is 5.75 Å². The zero-order valence-corrected chi connectivity index (χ0v) is 17.6. The first-order chi connectivity index (χ1) is 14.2. The highest BCUT2D eigenvalue weighted by Gasteiger charge is 2.11. The molecule has 0 radical (unpaired) electrons. The Balaban J connectivity index is 1.83. The Morgan fingerprint density at radius 2 is 2.07 bits per heavy atom. The second-order valence-corrected chi connectivity index (χ2v) is 6.90. The van der Waals surface area contributed by atoms with E-state index in [4.69, 9.17) is 9.47 Å². The van der Waals surface area contributed by atoms with Crippen molar-refractivity contribution in [1.29, 1.82) is 0 Å². The Labute approximate surface area is 175 Å². The van der Waals surface area contributed by atoms with Crippen molar-refractivity contribution in [2.24, 2.45) is 0 Å². The van der Waals surface area contributed by atoms with Crippen LogP contribution in [-0.2, 0) is 11.3 Å².